The Bertz CT molecular complexity index is 1360. The first kappa shape index (κ1) is 31.8. The minimum atomic E-state index is -1.46. The number of cyclic esters (lactones) is 1. The lowest BCUT2D eigenvalue weighted by Crippen LogP contribution is -2.53. The topological polar surface area (TPSA) is 106 Å². The van der Waals surface area contributed by atoms with Crippen LogP contribution in [0.3, 0.4) is 0 Å². The number of rotatable bonds is 4. The summed E-state index contributed by atoms with van der Waals surface area (Å²) in [6, 6.07) is 6.91. The third kappa shape index (κ3) is 6.59. The van der Waals surface area contributed by atoms with Gasteiger partial charge in [0.25, 0.3) is 0 Å². The minimum absolute atomic E-state index is 0.104. The number of carbonyl (C=O) groups excluding carboxylic acids is 3. The van der Waals surface area contributed by atoms with Crippen LogP contribution >= 0.6 is 0 Å². The molecule has 1 aromatic carbocycles. The number of amides is 1. The van der Waals surface area contributed by atoms with Crippen molar-refractivity contribution < 1.29 is 38.1 Å². The normalized spacial score (nSPS) is 24.6. The van der Waals surface area contributed by atoms with Crippen LogP contribution in [-0.2, 0) is 34.9 Å². The van der Waals surface area contributed by atoms with E-state index in [9.17, 15) is 14.4 Å². The predicted octanol–water partition coefficient (Wildman–Crippen LogP) is 6.41. The first-order valence-electron chi connectivity index (χ1n) is 14.5. The van der Waals surface area contributed by atoms with Crippen LogP contribution in [0.4, 0.5) is 9.59 Å². The second-order valence-corrected chi connectivity index (χ2v) is 14.9. The van der Waals surface area contributed by atoms with E-state index >= 15 is 0 Å². The highest BCUT2D eigenvalue weighted by Crippen LogP contribution is 2.43. The molecule has 2 saturated heterocycles. The number of aromatic nitrogens is 1. The number of fused-ring (bicyclic) bond motifs is 1. The van der Waals surface area contributed by atoms with Gasteiger partial charge < -0.3 is 23.7 Å². The summed E-state index contributed by atoms with van der Waals surface area (Å²) >= 11 is 0. The van der Waals surface area contributed by atoms with E-state index in [1.54, 1.807) is 45.7 Å². The van der Waals surface area contributed by atoms with Gasteiger partial charge in [-0.3, -0.25) is 9.47 Å². The molecular weight excluding hydrogens is 540 g/mol. The Morgan fingerprint density at radius 2 is 1.55 bits per heavy atom. The summed E-state index contributed by atoms with van der Waals surface area (Å²) in [6.07, 6.45) is 0.0341. The number of nitrogens with zero attached hydrogens (tertiary/aromatic N) is 2. The Hall–Kier alpha value is -3.11. The van der Waals surface area contributed by atoms with Gasteiger partial charge in [0, 0.05) is 29.8 Å². The Morgan fingerprint density at radius 1 is 0.952 bits per heavy atom. The number of hydrogen-bond donors (Lipinski definition) is 0. The molecule has 4 rings (SSSR count). The lowest BCUT2D eigenvalue weighted by molar-refractivity contribution is -0.156. The van der Waals surface area contributed by atoms with E-state index in [2.05, 4.69) is 0 Å². The molecule has 42 heavy (non-hydrogen) atoms. The minimum Gasteiger partial charge on any atom is -0.444 e. The van der Waals surface area contributed by atoms with E-state index < -0.39 is 58.4 Å². The molecular formula is C32H46N2O8. The molecule has 10 nitrogen and oxygen atoms in total. The van der Waals surface area contributed by atoms with E-state index in [0.717, 1.165) is 5.39 Å². The fourth-order valence-corrected chi connectivity index (χ4v) is 5.41. The van der Waals surface area contributed by atoms with E-state index in [1.165, 1.54) is 4.57 Å². The molecule has 0 unspecified atom stereocenters. The molecule has 0 saturated carbocycles. The fourth-order valence-electron chi connectivity index (χ4n) is 5.41. The number of para-hydroxylation sites is 1. The van der Waals surface area contributed by atoms with Crippen molar-refractivity contribution >= 4 is 29.1 Å². The van der Waals surface area contributed by atoms with Crippen LogP contribution in [0.5, 0.6) is 0 Å². The molecule has 3 atom stereocenters. The fraction of sp³-hybridized carbons (Fsp3) is 0.656. The molecule has 0 spiro atoms. The molecule has 10 heteroatoms. The number of esters is 1. The second-order valence-electron chi connectivity index (χ2n) is 14.9. The van der Waals surface area contributed by atoms with Crippen LogP contribution in [-0.4, -0.2) is 69.1 Å². The van der Waals surface area contributed by atoms with E-state index in [1.807, 2.05) is 65.8 Å². The SMILES string of the molecule is CC(C)(C)OC(=O)N1[C@@H](C[C@]2(Cc3cn(C(=O)OC(C)(C)C)c4ccccc34)O[C@@H](C(C)(C)C)OC2=O)COC1(C)C. The smallest absolute Gasteiger partial charge is 0.419 e. The van der Waals surface area contributed by atoms with Crippen LogP contribution in [0.15, 0.2) is 30.5 Å². The van der Waals surface area contributed by atoms with Gasteiger partial charge in [-0.2, -0.15) is 0 Å². The van der Waals surface area contributed by atoms with E-state index in [-0.39, 0.29) is 19.4 Å². The molecule has 0 bridgehead atoms. The standard InChI is InChI=1S/C32H46N2O8/c1-28(2,3)25-39-24(35)32(40-25,17-21-19-38-31(10,11)34(21)27(37)42-30(7,8)9)16-20-18-33(26(36)41-29(4,5)6)23-15-13-12-14-22(20)23/h12-15,18,21,25H,16-17,19H2,1-11H3/t21-,25-,32-/m0/s1. The summed E-state index contributed by atoms with van der Waals surface area (Å²) in [5, 5.41) is 0.783. The molecule has 1 aromatic heterocycles. The third-order valence-electron chi connectivity index (χ3n) is 7.22. The van der Waals surface area contributed by atoms with Gasteiger partial charge in [0.1, 0.15) is 16.9 Å². The quantitative estimate of drug-likeness (QED) is 0.299. The predicted molar refractivity (Wildman–Crippen MR) is 157 cm³/mol. The lowest BCUT2D eigenvalue weighted by Gasteiger charge is -2.37. The molecule has 2 fully saturated rings. The number of hydrogen-bond acceptors (Lipinski definition) is 8. The average Bonchev–Trinajstić information content (AvgIpc) is 3.43. The molecule has 3 heterocycles. The van der Waals surface area contributed by atoms with Crippen molar-refractivity contribution in [1.82, 2.24) is 9.47 Å². The Kier molecular flexibility index (Phi) is 8.00. The van der Waals surface area contributed by atoms with E-state index in [0.29, 0.717) is 11.1 Å². The zero-order chi connectivity index (χ0) is 31.5. The van der Waals surface area contributed by atoms with Crippen molar-refractivity contribution in [3.63, 3.8) is 0 Å². The summed E-state index contributed by atoms with van der Waals surface area (Å²) in [7, 11) is 0. The molecule has 2 aliphatic heterocycles. The highest BCUT2D eigenvalue weighted by Gasteiger charge is 2.58. The Labute approximate surface area is 248 Å². The third-order valence-corrected chi connectivity index (χ3v) is 7.22. The summed E-state index contributed by atoms with van der Waals surface area (Å²) in [6.45, 7) is 20.4. The van der Waals surface area contributed by atoms with Gasteiger partial charge in [-0.05, 0) is 67.0 Å². The zero-order valence-corrected chi connectivity index (χ0v) is 26.8. The number of ether oxygens (including phenoxy) is 5. The maximum absolute atomic E-state index is 13.9. The van der Waals surface area contributed by atoms with Crippen LogP contribution < -0.4 is 0 Å². The highest BCUT2D eigenvalue weighted by atomic mass is 16.8. The first-order chi connectivity index (χ1) is 19.1. The van der Waals surface area contributed by atoms with Crippen molar-refractivity contribution in [2.24, 2.45) is 5.41 Å². The summed E-state index contributed by atoms with van der Waals surface area (Å²) in [4.78, 5) is 42.0. The summed E-state index contributed by atoms with van der Waals surface area (Å²) in [5.74, 6) is -0.523. The van der Waals surface area contributed by atoms with Gasteiger partial charge in [0.05, 0.1) is 18.2 Å². The molecule has 0 N–H and O–H groups in total. The van der Waals surface area contributed by atoms with Crippen LogP contribution in [0.25, 0.3) is 10.9 Å². The van der Waals surface area contributed by atoms with Gasteiger partial charge in [-0.15, -0.1) is 0 Å². The Balaban J connectivity index is 1.77. The van der Waals surface area contributed by atoms with Crippen molar-refractivity contribution in [2.75, 3.05) is 6.61 Å². The van der Waals surface area contributed by atoms with Crippen LogP contribution in [0.2, 0.25) is 0 Å². The molecule has 0 radical (unpaired) electrons. The zero-order valence-electron chi connectivity index (χ0n) is 26.8. The number of benzene rings is 1. The summed E-state index contributed by atoms with van der Waals surface area (Å²) in [5.41, 5.74) is -2.98. The van der Waals surface area contributed by atoms with Gasteiger partial charge in [-0.1, -0.05) is 39.0 Å². The molecule has 1 amide bonds. The molecule has 232 valence electrons. The maximum atomic E-state index is 13.9. The molecule has 0 aliphatic carbocycles. The van der Waals surface area contributed by atoms with Crippen molar-refractivity contribution in [2.45, 2.75) is 124 Å². The van der Waals surface area contributed by atoms with Gasteiger partial charge >= 0.3 is 18.2 Å². The van der Waals surface area contributed by atoms with Crippen molar-refractivity contribution in [1.29, 1.82) is 0 Å². The maximum Gasteiger partial charge on any atom is 0.419 e. The second kappa shape index (κ2) is 10.6. The first-order valence-corrected chi connectivity index (χ1v) is 14.5. The monoisotopic (exact) mass is 586 g/mol. The van der Waals surface area contributed by atoms with Crippen LogP contribution in [0.1, 0.15) is 88.1 Å². The largest absolute Gasteiger partial charge is 0.444 e. The number of carbonyl (C=O) groups is 3. The van der Waals surface area contributed by atoms with E-state index in [4.69, 9.17) is 23.7 Å². The van der Waals surface area contributed by atoms with Crippen molar-refractivity contribution in [3.8, 4) is 0 Å². The summed E-state index contributed by atoms with van der Waals surface area (Å²) < 4.78 is 31.3. The Morgan fingerprint density at radius 3 is 2.12 bits per heavy atom. The van der Waals surface area contributed by atoms with Gasteiger partial charge in [-0.25, -0.2) is 14.4 Å². The molecule has 2 aromatic rings. The highest BCUT2D eigenvalue weighted by molar-refractivity contribution is 5.93. The average molecular weight is 587 g/mol. The lowest BCUT2D eigenvalue weighted by atomic mass is 9.87. The van der Waals surface area contributed by atoms with Crippen LogP contribution in [0, 0.1) is 5.41 Å². The van der Waals surface area contributed by atoms with Crippen molar-refractivity contribution in [3.05, 3.63) is 36.0 Å². The van der Waals surface area contributed by atoms with Gasteiger partial charge in [0.15, 0.2) is 5.60 Å². The molecule has 2 aliphatic rings. The van der Waals surface area contributed by atoms with Gasteiger partial charge in [0.2, 0.25) is 6.29 Å².